The van der Waals surface area contributed by atoms with Crippen molar-refractivity contribution in [2.24, 2.45) is 5.73 Å². The lowest BCUT2D eigenvalue weighted by Crippen LogP contribution is -2.11. The Kier molecular flexibility index (Phi) is 2.69. The van der Waals surface area contributed by atoms with E-state index in [0.717, 1.165) is 5.56 Å². The van der Waals surface area contributed by atoms with Crippen LogP contribution >= 0.6 is 12.2 Å². The monoisotopic (exact) mass is 197 g/mol. The van der Waals surface area contributed by atoms with Crippen LogP contribution in [0.2, 0.25) is 0 Å². The molecule has 0 atom stereocenters. The quantitative estimate of drug-likeness (QED) is 0.323. The maximum absolute atomic E-state index is 8.74. The summed E-state index contributed by atoms with van der Waals surface area (Å²) < 4.78 is 0. The fraction of sp³-hybridized carbons (Fsp3) is 0.125. The van der Waals surface area contributed by atoms with Crippen LogP contribution in [0.15, 0.2) is 12.1 Å². The zero-order valence-electron chi connectivity index (χ0n) is 7.16. The molecule has 0 heterocycles. The van der Waals surface area contributed by atoms with Gasteiger partial charge in [-0.15, -0.1) is 0 Å². The molecule has 0 fully saturated rings. The lowest BCUT2D eigenvalue weighted by atomic mass is 10.1. The van der Waals surface area contributed by atoms with Crippen LogP contribution < -0.4 is 16.9 Å². The number of benzene rings is 1. The van der Waals surface area contributed by atoms with Crippen molar-refractivity contribution >= 4 is 28.6 Å². The fourth-order valence-electron chi connectivity index (χ4n) is 1.03. The van der Waals surface area contributed by atoms with E-state index in [2.05, 4.69) is 0 Å². The van der Waals surface area contributed by atoms with Gasteiger partial charge in [0, 0.05) is 5.56 Å². The molecule has 0 saturated heterocycles. The predicted octanol–water partition coefficient (Wildman–Crippen LogP) is 1.01. The number of hydrogen-bond acceptors (Lipinski definition) is 4. The maximum Gasteiger partial charge on any atom is 0.104 e. The molecule has 6 N–H and O–H groups in total. The van der Waals surface area contributed by atoms with E-state index >= 15 is 0 Å². The van der Waals surface area contributed by atoms with E-state index in [0.29, 0.717) is 16.9 Å². The summed E-state index contributed by atoms with van der Waals surface area (Å²) in [7, 11) is 0. The van der Waals surface area contributed by atoms with Crippen LogP contribution in [0.3, 0.4) is 0 Å². The molecular formula is C8H11N3OS. The van der Waals surface area contributed by atoms with Gasteiger partial charge in [0.05, 0.1) is 11.4 Å². The Balaban J connectivity index is 3.30. The highest BCUT2D eigenvalue weighted by Gasteiger charge is 2.05. The second-order valence-corrected chi connectivity index (χ2v) is 3.17. The highest BCUT2D eigenvalue weighted by molar-refractivity contribution is 7.80. The Hall–Kier alpha value is -1.33. The Labute approximate surface area is 81.5 Å². The van der Waals surface area contributed by atoms with Crippen LogP contribution in [0, 0.1) is 6.92 Å². The largest absolute Gasteiger partial charge is 0.397 e. The van der Waals surface area contributed by atoms with Gasteiger partial charge in [-0.1, -0.05) is 12.2 Å². The first kappa shape index (κ1) is 9.76. The Morgan fingerprint density at radius 3 is 2.62 bits per heavy atom. The molecule has 0 bridgehead atoms. The highest BCUT2D eigenvalue weighted by atomic mass is 32.1. The third kappa shape index (κ3) is 1.88. The summed E-state index contributed by atoms with van der Waals surface area (Å²) in [5.41, 5.74) is 15.5. The number of nitrogen functional groups attached to an aromatic ring is 1. The van der Waals surface area contributed by atoms with E-state index in [4.69, 9.17) is 28.9 Å². The minimum atomic E-state index is 0.277. The minimum Gasteiger partial charge on any atom is -0.397 e. The molecule has 0 saturated carbocycles. The van der Waals surface area contributed by atoms with Gasteiger partial charge in [0.2, 0.25) is 0 Å². The third-order valence-corrected chi connectivity index (χ3v) is 2.03. The molecule has 5 heteroatoms. The molecule has 70 valence electrons. The molecule has 0 unspecified atom stereocenters. The van der Waals surface area contributed by atoms with Gasteiger partial charge in [0.25, 0.3) is 0 Å². The van der Waals surface area contributed by atoms with Crippen molar-refractivity contribution < 1.29 is 5.21 Å². The van der Waals surface area contributed by atoms with Crippen LogP contribution in [0.25, 0.3) is 0 Å². The highest BCUT2D eigenvalue weighted by Crippen LogP contribution is 2.23. The van der Waals surface area contributed by atoms with E-state index < -0.39 is 0 Å². The molecule has 0 aliphatic rings. The predicted molar refractivity (Wildman–Crippen MR) is 56.9 cm³/mol. The van der Waals surface area contributed by atoms with Crippen LogP contribution in [0.4, 0.5) is 11.4 Å². The summed E-state index contributed by atoms with van der Waals surface area (Å²) in [5.74, 6) is 0. The van der Waals surface area contributed by atoms with Gasteiger partial charge in [-0.05, 0) is 24.6 Å². The number of rotatable bonds is 2. The molecule has 1 aromatic rings. The van der Waals surface area contributed by atoms with Gasteiger partial charge in [-0.25, -0.2) is 0 Å². The second kappa shape index (κ2) is 3.59. The molecule has 0 aliphatic heterocycles. The van der Waals surface area contributed by atoms with Crippen molar-refractivity contribution in [3.63, 3.8) is 0 Å². The number of anilines is 2. The number of thiocarbonyl (C=S) groups is 1. The van der Waals surface area contributed by atoms with E-state index in [9.17, 15) is 0 Å². The Morgan fingerprint density at radius 2 is 2.15 bits per heavy atom. The number of aryl methyl sites for hydroxylation is 1. The van der Waals surface area contributed by atoms with Crippen molar-refractivity contribution in [2.45, 2.75) is 6.92 Å². The van der Waals surface area contributed by atoms with Gasteiger partial charge in [-0.3, -0.25) is 10.7 Å². The Morgan fingerprint density at radius 1 is 1.54 bits per heavy atom. The summed E-state index contributed by atoms with van der Waals surface area (Å²) in [6.07, 6.45) is 0. The first-order chi connectivity index (χ1) is 6.06. The molecule has 1 rings (SSSR count). The third-order valence-electron chi connectivity index (χ3n) is 1.79. The molecule has 4 nitrogen and oxygen atoms in total. The average Bonchev–Trinajstić information content (AvgIpc) is 2.09. The van der Waals surface area contributed by atoms with Crippen molar-refractivity contribution in [3.05, 3.63) is 23.3 Å². The molecule has 0 aliphatic carbocycles. The van der Waals surface area contributed by atoms with Crippen LogP contribution in [-0.2, 0) is 0 Å². The average molecular weight is 197 g/mol. The molecule has 0 aromatic heterocycles. The SMILES string of the molecule is Cc1cc(C(N)=S)cc(NO)c1N. The van der Waals surface area contributed by atoms with E-state index in [1.807, 2.05) is 12.4 Å². The zero-order chi connectivity index (χ0) is 10.0. The standard InChI is InChI=1S/C8H11N3OS/c1-4-2-5(8(10)13)3-6(11-12)7(4)9/h2-3,11-12H,9H2,1H3,(H2,10,13). The number of nitrogens with two attached hydrogens (primary N) is 2. The van der Waals surface area contributed by atoms with Gasteiger partial charge >= 0.3 is 0 Å². The van der Waals surface area contributed by atoms with Gasteiger partial charge in [0.1, 0.15) is 4.99 Å². The lowest BCUT2D eigenvalue weighted by molar-refractivity contribution is 0.389. The van der Waals surface area contributed by atoms with E-state index in [-0.39, 0.29) is 4.99 Å². The normalized spacial score (nSPS) is 9.69. The summed E-state index contributed by atoms with van der Waals surface area (Å²) in [5, 5.41) is 8.74. The van der Waals surface area contributed by atoms with Gasteiger partial charge in [-0.2, -0.15) is 0 Å². The Bertz CT molecular complexity index is 351. The van der Waals surface area contributed by atoms with E-state index in [1.165, 1.54) is 0 Å². The smallest absolute Gasteiger partial charge is 0.104 e. The summed E-state index contributed by atoms with van der Waals surface area (Å²) in [6, 6.07) is 3.38. The molecular weight excluding hydrogens is 186 g/mol. The van der Waals surface area contributed by atoms with Gasteiger partial charge < -0.3 is 11.5 Å². The van der Waals surface area contributed by atoms with Crippen LogP contribution in [0.5, 0.6) is 0 Å². The second-order valence-electron chi connectivity index (χ2n) is 2.73. The molecule has 0 radical (unpaired) electrons. The lowest BCUT2D eigenvalue weighted by Gasteiger charge is -2.09. The molecule has 0 amide bonds. The molecule has 13 heavy (non-hydrogen) atoms. The fourth-order valence-corrected chi connectivity index (χ4v) is 1.15. The molecule has 1 aromatic carbocycles. The first-order valence-corrected chi connectivity index (χ1v) is 4.07. The molecule has 0 spiro atoms. The van der Waals surface area contributed by atoms with Gasteiger partial charge in [0.15, 0.2) is 0 Å². The van der Waals surface area contributed by atoms with Crippen LogP contribution in [-0.4, -0.2) is 10.2 Å². The van der Waals surface area contributed by atoms with Crippen molar-refractivity contribution in [3.8, 4) is 0 Å². The minimum absolute atomic E-state index is 0.277. The van der Waals surface area contributed by atoms with Crippen molar-refractivity contribution in [1.29, 1.82) is 0 Å². The number of nitrogens with one attached hydrogen (secondary N) is 1. The maximum atomic E-state index is 8.74. The first-order valence-electron chi connectivity index (χ1n) is 3.66. The number of hydrogen-bond donors (Lipinski definition) is 4. The zero-order valence-corrected chi connectivity index (χ0v) is 7.98. The summed E-state index contributed by atoms with van der Waals surface area (Å²) >= 11 is 4.80. The van der Waals surface area contributed by atoms with Crippen molar-refractivity contribution in [1.82, 2.24) is 0 Å². The summed E-state index contributed by atoms with van der Waals surface area (Å²) in [4.78, 5) is 0.277. The summed E-state index contributed by atoms with van der Waals surface area (Å²) in [6.45, 7) is 1.82. The topological polar surface area (TPSA) is 84.3 Å². The van der Waals surface area contributed by atoms with Crippen molar-refractivity contribution in [2.75, 3.05) is 11.2 Å². The van der Waals surface area contributed by atoms with Crippen LogP contribution in [0.1, 0.15) is 11.1 Å². The van der Waals surface area contributed by atoms with E-state index in [1.54, 1.807) is 12.1 Å².